The van der Waals surface area contributed by atoms with Crippen molar-refractivity contribution in [1.29, 1.82) is 0 Å². The highest BCUT2D eigenvalue weighted by Gasteiger charge is 2.21. The minimum Gasteiger partial charge on any atom is -0.309 e. The van der Waals surface area contributed by atoms with Gasteiger partial charge in [0.2, 0.25) is 0 Å². The van der Waals surface area contributed by atoms with Crippen LogP contribution in [0.3, 0.4) is 0 Å². The Labute approximate surface area is 254 Å². The summed E-state index contributed by atoms with van der Waals surface area (Å²) in [5.41, 5.74) is 11.1. The van der Waals surface area contributed by atoms with Gasteiger partial charge in [0, 0.05) is 38.4 Å². The number of hydrogen-bond acceptors (Lipinski definition) is 1. The zero-order valence-electron chi connectivity index (χ0n) is 23.9. The molecule has 6 aromatic carbocycles. The van der Waals surface area contributed by atoms with E-state index in [1.807, 2.05) is 0 Å². The smallest absolute Gasteiger partial charge is 0.0730 e. The number of aromatic nitrogens is 3. The molecule has 0 saturated heterocycles. The first-order valence-corrected chi connectivity index (χ1v) is 15.0. The van der Waals surface area contributed by atoms with E-state index in [2.05, 4.69) is 173 Å². The Morgan fingerprint density at radius 1 is 0.364 bits per heavy atom. The van der Waals surface area contributed by atoms with E-state index in [9.17, 15) is 0 Å². The van der Waals surface area contributed by atoms with Gasteiger partial charge in [-0.2, -0.15) is 0 Å². The third kappa shape index (κ3) is 3.73. The van der Waals surface area contributed by atoms with Gasteiger partial charge in [-0.05, 0) is 42.5 Å². The Hall–Kier alpha value is -5.93. The van der Waals surface area contributed by atoms with E-state index in [0.717, 1.165) is 33.9 Å². The van der Waals surface area contributed by atoms with Crippen molar-refractivity contribution in [1.82, 2.24) is 14.1 Å². The first-order chi connectivity index (χ1) is 21.8. The lowest BCUT2D eigenvalue weighted by atomic mass is 10.1. The molecule has 3 heteroatoms. The van der Waals surface area contributed by atoms with Crippen LogP contribution in [0.1, 0.15) is 0 Å². The topological polar surface area (TPSA) is 22.8 Å². The Morgan fingerprint density at radius 2 is 0.886 bits per heavy atom. The number of nitrogens with zero attached hydrogens (tertiary/aromatic N) is 3. The second-order valence-electron chi connectivity index (χ2n) is 11.2. The van der Waals surface area contributed by atoms with Crippen molar-refractivity contribution in [3.8, 4) is 33.9 Å². The molecule has 0 unspecified atom stereocenters. The van der Waals surface area contributed by atoms with Crippen LogP contribution in [0, 0.1) is 0 Å². The third-order valence-electron chi connectivity index (χ3n) is 8.69. The molecule has 0 spiro atoms. The van der Waals surface area contributed by atoms with Crippen LogP contribution in [-0.4, -0.2) is 14.1 Å². The largest absolute Gasteiger partial charge is 0.309 e. The molecule has 0 aliphatic heterocycles. The van der Waals surface area contributed by atoms with E-state index < -0.39 is 0 Å². The molecule has 0 atom stereocenters. The van der Waals surface area contributed by atoms with Crippen LogP contribution in [0.2, 0.25) is 0 Å². The van der Waals surface area contributed by atoms with E-state index in [1.165, 1.54) is 43.6 Å². The molecule has 0 bridgehead atoms. The normalized spacial score (nSPS) is 11.6. The molecular formula is C41H27N3. The van der Waals surface area contributed by atoms with Crippen LogP contribution in [-0.2, 0) is 0 Å². The number of rotatable bonds is 4. The van der Waals surface area contributed by atoms with E-state index >= 15 is 0 Å². The summed E-state index contributed by atoms with van der Waals surface area (Å²) in [6, 6.07) is 58.2. The minimum absolute atomic E-state index is 0.951. The van der Waals surface area contributed by atoms with Gasteiger partial charge in [-0.3, -0.25) is 0 Å². The molecule has 44 heavy (non-hydrogen) atoms. The molecule has 0 amide bonds. The van der Waals surface area contributed by atoms with Gasteiger partial charge in [-0.25, -0.2) is 4.98 Å². The molecule has 0 N–H and O–H groups in total. The van der Waals surface area contributed by atoms with Gasteiger partial charge in [-0.15, -0.1) is 0 Å². The van der Waals surface area contributed by atoms with Crippen molar-refractivity contribution in [2.45, 2.75) is 0 Å². The van der Waals surface area contributed by atoms with E-state index in [1.54, 1.807) is 0 Å². The van der Waals surface area contributed by atoms with Crippen LogP contribution < -0.4 is 0 Å². The minimum atomic E-state index is 0.951. The summed E-state index contributed by atoms with van der Waals surface area (Å²) in [5.74, 6) is 0. The van der Waals surface area contributed by atoms with Gasteiger partial charge in [0.25, 0.3) is 0 Å². The van der Waals surface area contributed by atoms with Crippen LogP contribution >= 0.6 is 0 Å². The van der Waals surface area contributed by atoms with Crippen molar-refractivity contribution in [2.75, 3.05) is 0 Å². The van der Waals surface area contributed by atoms with E-state index in [0.29, 0.717) is 0 Å². The highest BCUT2D eigenvalue weighted by Crippen LogP contribution is 2.42. The Balaban J connectivity index is 1.46. The van der Waals surface area contributed by atoms with Crippen LogP contribution in [0.5, 0.6) is 0 Å². The number of fused-ring (bicyclic) bond motifs is 7. The summed E-state index contributed by atoms with van der Waals surface area (Å²) >= 11 is 0. The molecule has 9 aromatic rings. The molecule has 0 fully saturated rings. The number of benzene rings is 6. The first kappa shape index (κ1) is 24.6. The molecule has 9 rings (SSSR count). The number of para-hydroxylation sites is 3. The van der Waals surface area contributed by atoms with Gasteiger partial charge in [-0.1, -0.05) is 121 Å². The van der Waals surface area contributed by atoms with Gasteiger partial charge >= 0.3 is 0 Å². The lowest BCUT2D eigenvalue weighted by Crippen LogP contribution is -1.99. The number of pyridine rings is 1. The summed E-state index contributed by atoms with van der Waals surface area (Å²) in [7, 11) is 0. The monoisotopic (exact) mass is 561 g/mol. The van der Waals surface area contributed by atoms with Crippen LogP contribution in [0.15, 0.2) is 164 Å². The second kappa shape index (κ2) is 9.82. The molecule has 0 radical (unpaired) electrons. The number of hydrogen-bond donors (Lipinski definition) is 0. The van der Waals surface area contributed by atoms with Crippen molar-refractivity contribution >= 4 is 43.6 Å². The molecule has 0 saturated carbocycles. The van der Waals surface area contributed by atoms with Crippen LogP contribution in [0.25, 0.3) is 77.5 Å². The zero-order chi connectivity index (χ0) is 29.0. The molecule has 3 nitrogen and oxygen atoms in total. The Morgan fingerprint density at radius 3 is 1.52 bits per heavy atom. The van der Waals surface area contributed by atoms with Gasteiger partial charge in [0.15, 0.2) is 0 Å². The summed E-state index contributed by atoms with van der Waals surface area (Å²) in [4.78, 5) is 5.18. The molecule has 0 aliphatic carbocycles. The molecule has 206 valence electrons. The molecule has 0 aliphatic rings. The quantitative estimate of drug-likeness (QED) is 0.210. The predicted octanol–water partition coefficient (Wildman–Crippen LogP) is 10.6. The summed E-state index contributed by atoms with van der Waals surface area (Å²) in [5, 5.41) is 4.96. The maximum Gasteiger partial charge on any atom is 0.0730 e. The van der Waals surface area contributed by atoms with Crippen molar-refractivity contribution in [3.63, 3.8) is 0 Å². The van der Waals surface area contributed by atoms with Crippen molar-refractivity contribution in [2.24, 2.45) is 0 Å². The summed E-state index contributed by atoms with van der Waals surface area (Å²) < 4.78 is 4.85. The zero-order valence-corrected chi connectivity index (χ0v) is 23.9. The van der Waals surface area contributed by atoms with Gasteiger partial charge < -0.3 is 9.13 Å². The Bertz CT molecular complexity index is 2410. The predicted molar refractivity (Wildman–Crippen MR) is 184 cm³/mol. The summed E-state index contributed by atoms with van der Waals surface area (Å²) in [6.07, 6.45) is 0. The fourth-order valence-corrected chi connectivity index (χ4v) is 6.79. The fraction of sp³-hybridized carbons (Fsp3) is 0. The average molecular weight is 562 g/mol. The van der Waals surface area contributed by atoms with Gasteiger partial charge in [0.1, 0.15) is 0 Å². The van der Waals surface area contributed by atoms with E-state index in [4.69, 9.17) is 4.98 Å². The first-order valence-electron chi connectivity index (χ1n) is 15.0. The second-order valence-corrected chi connectivity index (χ2v) is 11.2. The van der Waals surface area contributed by atoms with Crippen LogP contribution in [0.4, 0.5) is 0 Å². The standard InChI is InChI=1S/C41H27N3/c1-4-14-28(15-5-1)35-26-31(27-36(42-35)29-16-6-2-7-17-29)44-37-22-12-10-20-32(37)33-24-25-39-40(41(33)44)34-21-11-13-23-38(34)43(39)30-18-8-3-9-19-30/h1-27H. The lowest BCUT2D eigenvalue weighted by Gasteiger charge is -2.14. The third-order valence-corrected chi connectivity index (χ3v) is 8.69. The lowest BCUT2D eigenvalue weighted by molar-refractivity contribution is 1.16. The molecule has 3 aromatic heterocycles. The maximum atomic E-state index is 5.18. The van der Waals surface area contributed by atoms with Gasteiger partial charge in [0.05, 0.1) is 39.1 Å². The Kier molecular flexibility index (Phi) is 5.50. The fourth-order valence-electron chi connectivity index (χ4n) is 6.79. The average Bonchev–Trinajstić information content (AvgIpc) is 3.62. The summed E-state index contributed by atoms with van der Waals surface area (Å²) in [6.45, 7) is 0. The maximum absolute atomic E-state index is 5.18. The molecule has 3 heterocycles. The van der Waals surface area contributed by atoms with Crippen molar-refractivity contribution < 1.29 is 0 Å². The van der Waals surface area contributed by atoms with Crippen molar-refractivity contribution in [3.05, 3.63) is 164 Å². The highest BCUT2D eigenvalue weighted by molar-refractivity contribution is 6.26. The van der Waals surface area contributed by atoms with E-state index in [-0.39, 0.29) is 0 Å². The highest BCUT2D eigenvalue weighted by atomic mass is 15.0. The molecular weight excluding hydrogens is 534 g/mol. The SMILES string of the molecule is c1ccc(-c2cc(-n3c4ccccc4c4ccc5c(c6ccccc6n5-c5ccccc5)c43)cc(-c3ccccc3)n2)cc1.